The molecule has 0 nitrogen and oxygen atoms in total. The number of rotatable bonds is 3. The van der Waals surface area contributed by atoms with Crippen molar-refractivity contribution < 1.29 is 17.1 Å². The molecule has 0 saturated carbocycles. The van der Waals surface area contributed by atoms with Gasteiger partial charge in [-0.25, -0.2) is 0 Å². The van der Waals surface area contributed by atoms with E-state index in [2.05, 4.69) is 20.8 Å². The van der Waals surface area contributed by atoms with Crippen LogP contribution in [-0.4, -0.2) is 18.5 Å². The summed E-state index contributed by atoms with van der Waals surface area (Å²) in [5.74, 6) is 0. The Morgan fingerprint density at radius 1 is 0.875 bits per heavy atom. The Bertz CT molecular complexity index is 30.0. The first kappa shape index (κ1) is 11.7. The Morgan fingerprint density at radius 2 is 1.12 bits per heavy atom. The van der Waals surface area contributed by atoms with E-state index < -0.39 is 0 Å². The second-order valence-electron chi connectivity index (χ2n) is 1.62. The van der Waals surface area contributed by atoms with Crippen LogP contribution in [0.2, 0.25) is 0 Å². The van der Waals surface area contributed by atoms with Crippen LogP contribution in [0.5, 0.6) is 0 Å². The maximum absolute atomic E-state index is 2.29. The molecule has 0 aliphatic carbocycles. The third-order valence-electron chi connectivity index (χ3n) is 1.34. The van der Waals surface area contributed by atoms with Crippen molar-refractivity contribution in [2.24, 2.45) is 0 Å². The first-order chi connectivity index (χ1) is 3.35. The van der Waals surface area contributed by atoms with Gasteiger partial charge in [-0.05, 0) is 18.5 Å². The van der Waals surface area contributed by atoms with E-state index in [0.717, 1.165) is 0 Å². The van der Waals surface area contributed by atoms with Gasteiger partial charge in [-0.1, -0.05) is 20.8 Å². The average Bonchev–Trinajstić information content (AvgIpc) is 1.72. The van der Waals surface area contributed by atoms with Gasteiger partial charge in [0.05, 0.1) is 0 Å². The molecule has 0 fully saturated rings. The van der Waals surface area contributed by atoms with Crippen LogP contribution in [0.15, 0.2) is 0 Å². The summed E-state index contributed by atoms with van der Waals surface area (Å²) in [5.41, 5.74) is 0. The summed E-state index contributed by atoms with van der Waals surface area (Å²) in [6, 6.07) is 0. The van der Waals surface area contributed by atoms with Crippen molar-refractivity contribution in [2.75, 3.05) is 18.5 Å². The van der Waals surface area contributed by atoms with Gasteiger partial charge in [-0.2, -0.15) is 0 Å². The molecule has 2 heteroatoms. The molecule has 0 aliphatic heterocycles. The minimum Gasteiger partial charge on any atom is -0.108 e. The van der Waals surface area contributed by atoms with Crippen molar-refractivity contribution in [2.45, 2.75) is 20.8 Å². The molecule has 52 valence electrons. The number of hydrogen-bond donors (Lipinski definition) is 0. The third-order valence-corrected chi connectivity index (χ3v) is 4.02. The molecule has 0 unspecified atom stereocenters. The zero-order valence-corrected chi connectivity index (χ0v) is 7.92. The average molecular weight is 174 g/mol. The molecule has 0 aromatic rings. The zero-order valence-electron chi connectivity index (χ0n) is 5.92. The summed E-state index contributed by atoms with van der Waals surface area (Å²) in [6.45, 7) is 6.87. The second kappa shape index (κ2) is 7.95. The van der Waals surface area contributed by atoms with Gasteiger partial charge in [0.2, 0.25) is 0 Å². The van der Waals surface area contributed by atoms with E-state index in [4.69, 9.17) is 0 Å². The maximum Gasteiger partial charge on any atom is 0 e. The van der Waals surface area contributed by atoms with Crippen molar-refractivity contribution >= 4 is 7.92 Å². The summed E-state index contributed by atoms with van der Waals surface area (Å²) in [6.07, 6.45) is 4.26. The molecule has 0 aliphatic rings. The minimum atomic E-state index is 0. The van der Waals surface area contributed by atoms with Gasteiger partial charge in [0.25, 0.3) is 0 Å². The summed E-state index contributed by atoms with van der Waals surface area (Å²) in [4.78, 5) is 0. The van der Waals surface area contributed by atoms with E-state index >= 15 is 0 Å². The molecule has 0 heterocycles. The molecule has 0 saturated heterocycles. The quantitative estimate of drug-likeness (QED) is 0.455. The van der Waals surface area contributed by atoms with E-state index in [1.165, 1.54) is 18.5 Å². The molecule has 0 rings (SSSR count). The fourth-order valence-electron chi connectivity index (χ4n) is 0.671. The van der Waals surface area contributed by atoms with Gasteiger partial charge in [-0.3, -0.25) is 0 Å². The molecule has 0 aromatic carbocycles. The van der Waals surface area contributed by atoms with Crippen molar-refractivity contribution in [3.8, 4) is 0 Å². The molecule has 0 radical (unpaired) electrons. The van der Waals surface area contributed by atoms with Crippen LogP contribution in [0.4, 0.5) is 0 Å². The van der Waals surface area contributed by atoms with Crippen LogP contribution in [0, 0.1) is 0 Å². The van der Waals surface area contributed by atoms with Crippen molar-refractivity contribution in [1.82, 2.24) is 0 Å². The summed E-state index contributed by atoms with van der Waals surface area (Å²) >= 11 is 0. The predicted octanol–water partition coefficient (Wildman–Crippen LogP) is 2.53. The molecular weight excluding hydrogens is 159 g/mol. The SMILES string of the molecule is CCP(CC)CC.[Fe]. The Hall–Kier alpha value is 0.949. The van der Waals surface area contributed by atoms with Crippen LogP contribution in [-0.2, 0) is 17.1 Å². The molecule has 0 amide bonds. The van der Waals surface area contributed by atoms with E-state index in [0.29, 0.717) is 7.92 Å². The summed E-state index contributed by atoms with van der Waals surface area (Å²) < 4.78 is 0. The fourth-order valence-corrected chi connectivity index (χ4v) is 2.01. The van der Waals surface area contributed by atoms with E-state index in [1.807, 2.05) is 0 Å². The topological polar surface area (TPSA) is 0 Å². The first-order valence-corrected chi connectivity index (χ1v) is 4.97. The van der Waals surface area contributed by atoms with E-state index in [9.17, 15) is 0 Å². The first-order valence-electron chi connectivity index (χ1n) is 3.07. The van der Waals surface area contributed by atoms with Crippen LogP contribution in [0.1, 0.15) is 20.8 Å². The largest absolute Gasteiger partial charge is 0.108 e. The predicted molar refractivity (Wildman–Crippen MR) is 38.5 cm³/mol. The van der Waals surface area contributed by atoms with Gasteiger partial charge < -0.3 is 0 Å². The molecule has 0 bridgehead atoms. The van der Waals surface area contributed by atoms with Crippen molar-refractivity contribution in [3.63, 3.8) is 0 Å². The molecular formula is C6H15FeP. The number of hydrogen-bond acceptors (Lipinski definition) is 0. The normalized spacial score (nSPS) is 9.00. The summed E-state index contributed by atoms with van der Waals surface area (Å²) in [7, 11) is 0.446. The smallest absolute Gasteiger partial charge is 0 e. The van der Waals surface area contributed by atoms with E-state index in [-0.39, 0.29) is 17.1 Å². The van der Waals surface area contributed by atoms with Crippen LogP contribution < -0.4 is 0 Å². The standard InChI is InChI=1S/C6H15P.Fe/c1-4-7(5-2)6-3;/h4-6H2,1-3H3;. The molecule has 0 N–H and O–H groups in total. The Labute approximate surface area is 64.7 Å². The Morgan fingerprint density at radius 3 is 1.12 bits per heavy atom. The molecule has 0 aromatic heterocycles. The fraction of sp³-hybridized carbons (Fsp3) is 1.00. The molecule has 0 atom stereocenters. The zero-order chi connectivity index (χ0) is 5.70. The molecule has 0 spiro atoms. The van der Waals surface area contributed by atoms with Gasteiger partial charge in [0, 0.05) is 17.1 Å². The summed E-state index contributed by atoms with van der Waals surface area (Å²) in [5, 5.41) is 0. The maximum atomic E-state index is 2.29. The minimum absolute atomic E-state index is 0. The monoisotopic (exact) mass is 174 g/mol. The molecule has 8 heavy (non-hydrogen) atoms. The van der Waals surface area contributed by atoms with E-state index in [1.54, 1.807) is 0 Å². The van der Waals surface area contributed by atoms with Gasteiger partial charge in [0.15, 0.2) is 0 Å². The Kier molecular flexibility index (Phi) is 11.6. The Balaban J connectivity index is 0. The van der Waals surface area contributed by atoms with Crippen LogP contribution >= 0.6 is 7.92 Å². The van der Waals surface area contributed by atoms with Crippen molar-refractivity contribution in [1.29, 1.82) is 0 Å². The second-order valence-corrected chi connectivity index (χ2v) is 4.86. The van der Waals surface area contributed by atoms with Gasteiger partial charge in [0.1, 0.15) is 0 Å². The van der Waals surface area contributed by atoms with Crippen molar-refractivity contribution in [3.05, 3.63) is 0 Å². The third kappa shape index (κ3) is 5.09. The van der Waals surface area contributed by atoms with Gasteiger partial charge >= 0.3 is 0 Å². The van der Waals surface area contributed by atoms with Gasteiger partial charge in [-0.15, -0.1) is 7.92 Å². The van der Waals surface area contributed by atoms with Crippen LogP contribution in [0.3, 0.4) is 0 Å². The van der Waals surface area contributed by atoms with Crippen LogP contribution in [0.25, 0.3) is 0 Å².